The molecule has 140 valence electrons. The van der Waals surface area contributed by atoms with Gasteiger partial charge in [-0.1, -0.05) is 17.7 Å². The predicted octanol–water partition coefficient (Wildman–Crippen LogP) is 3.01. The van der Waals surface area contributed by atoms with Crippen LogP contribution in [0.1, 0.15) is 24.5 Å². The lowest BCUT2D eigenvalue weighted by Crippen LogP contribution is -2.28. The van der Waals surface area contributed by atoms with Crippen LogP contribution >= 0.6 is 0 Å². The summed E-state index contributed by atoms with van der Waals surface area (Å²) >= 11 is 0. The molecule has 0 bridgehead atoms. The molecule has 0 spiro atoms. The first-order chi connectivity index (χ1) is 12.3. The largest absolute Gasteiger partial charge is 0.494 e. The Balaban J connectivity index is 1.87. The molecule has 2 aromatic carbocycles. The van der Waals surface area contributed by atoms with Gasteiger partial charge in [0.05, 0.1) is 11.5 Å². The van der Waals surface area contributed by atoms with Crippen LogP contribution in [0.2, 0.25) is 0 Å². The van der Waals surface area contributed by atoms with Crippen LogP contribution in [0.5, 0.6) is 5.75 Å². The predicted molar refractivity (Wildman–Crippen MR) is 102 cm³/mol. The maximum Gasteiger partial charge on any atom is 0.240 e. The SMILES string of the molecule is CCOc1ccc(NC(=O)CCNS(=O)(=O)c2ccc(C)cc2C)cc1. The second-order valence-electron chi connectivity index (χ2n) is 5.92. The number of nitrogens with one attached hydrogen (secondary N) is 2. The third-order valence-electron chi connectivity index (χ3n) is 3.71. The zero-order chi connectivity index (χ0) is 19.2. The molecule has 0 aliphatic carbocycles. The standard InChI is InChI=1S/C19H24N2O4S/c1-4-25-17-8-6-16(7-9-17)21-19(22)11-12-20-26(23,24)18-10-5-14(2)13-15(18)3/h5-10,13,20H,4,11-12H2,1-3H3,(H,21,22). The quantitative estimate of drug-likeness (QED) is 0.742. The van der Waals surface area contributed by atoms with Crippen LogP contribution in [-0.4, -0.2) is 27.5 Å². The monoisotopic (exact) mass is 376 g/mol. The first-order valence-corrected chi connectivity index (χ1v) is 9.90. The second kappa shape index (κ2) is 8.82. The number of carbonyl (C=O) groups is 1. The first kappa shape index (κ1) is 19.9. The van der Waals surface area contributed by atoms with Gasteiger partial charge in [0.2, 0.25) is 15.9 Å². The van der Waals surface area contributed by atoms with Crippen molar-refractivity contribution in [1.29, 1.82) is 0 Å². The first-order valence-electron chi connectivity index (χ1n) is 8.41. The fraction of sp³-hybridized carbons (Fsp3) is 0.316. The Morgan fingerprint density at radius 2 is 1.77 bits per heavy atom. The topological polar surface area (TPSA) is 84.5 Å². The summed E-state index contributed by atoms with van der Waals surface area (Å²) in [4.78, 5) is 12.2. The minimum atomic E-state index is -3.63. The smallest absolute Gasteiger partial charge is 0.240 e. The van der Waals surface area contributed by atoms with Crippen LogP contribution in [-0.2, 0) is 14.8 Å². The molecule has 2 N–H and O–H groups in total. The molecule has 0 saturated carbocycles. The molecule has 6 nitrogen and oxygen atoms in total. The number of aryl methyl sites for hydroxylation is 2. The summed E-state index contributed by atoms with van der Waals surface area (Å²) in [6, 6.07) is 12.1. The molecule has 2 aromatic rings. The van der Waals surface area contributed by atoms with Crippen LogP contribution in [0, 0.1) is 13.8 Å². The van der Waals surface area contributed by atoms with Crippen LogP contribution < -0.4 is 14.8 Å². The summed E-state index contributed by atoms with van der Waals surface area (Å²) in [5.74, 6) is 0.462. The summed E-state index contributed by atoms with van der Waals surface area (Å²) in [5.41, 5.74) is 2.31. The van der Waals surface area contributed by atoms with Gasteiger partial charge < -0.3 is 10.1 Å². The number of ether oxygens (including phenoxy) is 1. The van der Waals surface area contributed by atoms with Gasteiger partial charge in [-0.15, -0.1) is 0 Å². The molecule has 7 heteroatoms. The van der Waals surface area contributed by atoms with Gasteiger partial charge in [0.25, 0.3) is 0 Å². The van der Waals surface area contributed by atoms with E-state index in [0.29, 0.717) is 17.9 Å². The van der Waals surface area contributed by atoms with E-state index in [1.54, 1.807) is 43.3 Å². The number of amides is 1. The average molecular weight is 376 g/mol. The Bertz CT molecular complexity index is 862. The summed E-state index contributed by atoms with van der Waals surface area (Å²) < 4.78 is 32.5. The maximum absolute atomic E-state index is 12.3. The van der Waals surface area contributed by atoms with Crippen LogP contribution in [0.3, 0.4) is 0 Å². The zero-order valence-electron chi connectivity index (χ0n) is 15.2. The summed E-state index contributed by atoms with van der Waals surface area (Å²) in [6.07, 6.45) is 0.0390. The van der Waals surface area contributed by atoms with Crippen molar-refractivity contribution in [2.75, 3.05) is 18.5 Å². The Kier molecular flexibility index (Phi) is 6.76. The van der Waals surface area contributed by atoms with Crippen molar-refractivity contribution in [1.82, 2.24) is 4.72 Å². The van der Waals surface area contributed by atoms with Crippen molar-refractivity contribution in [3.05, 3.63) is 53.6 Å². The van der Waals surface area contributed by atoms with Crippen molar-refractivity contribution in [2.24, 2.45) is 0 Å². The third kappa shape index (κ3) is 5.57. The average Bonchev–Trinajstić information content (AvgIpc) is 2.56. The molecular formula is C19H24N2O4S. The van der Waals surface area contributed by atoms with E-state index in [4.69, 9.17) is 4.74 Å². The van der Waals surface area contributed by atoms with Gasteiger partial charge >= 0.3 is 0 Å². The van der Waals surface area contributed by atoms with Gasteiger partial charge in [-0.2, -0.15) is 0 Å². The number of rotatable bonds is 8. The summed E-state index contributed by atoms with van der Waals surface area (Å²) in [7, 11) is -3.63. The molecule has 0 heterocycles. The van der Waals surface area contributed by atoms with E-state index in [9.17, 15) is 13.2 Å². The number of carbonyl (C=O) groups excluding carboxylic acids is 1. The van der Waals surface area contributed by atoms with Crippen LogP contribution in [0.15, 0.2) is 47.4 Å². The fourth-order valence-electron chi connectivity index (χ4n) is 2.50. The second-order valence-corrected chi connectivity index (χ2v) is 7.66. The Labute approximate surface area is 154 Å². The maximum atomic E-state index is 12.3. The number of benzene rings is 2. The van der Waals surface area contributed by atoms with Crippen LogP contribution in [0.25, 0.3) is 0 Å². The van der Waals surface area contributed by atoms with E-state index in [2.05, 4.69) is 10.0 Å². The van der Waals surface area contributed by atoms with Gasteiger partial charge in [-0.05, 0) is 56.7 Å². The molecule has 0 fully saturated rings. The van der Waals surface area contributed by atoms with Crippen molar-refractivity contribution in [3.63, 3.8) is 0 Å². The molecule has 0 atom stereocenters. The molecule has 26 heavy (non-hydrogen) atoms. The highest BCUT2D eigenvalue weighted by atomic mass is 32.2. The van der Waals surface area contributed by atoms with Crippen molar-refractivity contribution in [2.45, 2.75) is 32.1 Å². The van der Waals surface area contributed by atoms with Crippen LogP contribution in [0.4, 0.5) is 5.69 Å². The van der Waals surface area contributed by atoms with E-state index >= 15 is 0 Å². The van der Waals surface area contributed by atoms with E-state index in [1.807, 2.05) is 19.9 Å². The van der Waals surface area contributed by atoms with E-state index in [0.717, 1.165) is 11.3 Å². The highest BCUT2D eigenvalue weighted by Crippen LogP contribution is 2.17. The fourth-order valence-corrected chi connectivity index (χ4v) is 3.76. The van der Waals surface area contributed by atoms with E-state index < -0.39 is 10.0 Å². The lowest BCUT2D eigenvalue weighted by molar-refractivity contribution is -0.116. The molecule has 0 aliphatic heterocycles. The number of hydrogen-bond donors (Lipinski definition) is 2. The number of sulfonamides is 1. The van der Waals surface area contributed by atoms with Gasteiger partial charge in [0.1, 0.15) is 5.75 Å². The lowest BCUT2D eigenvalue weighted by atomic mass is 10.2. The summed E-state index contributed by atoms with van der Waals surface area (Å²) in [6.45, 7) is 6.15. The van der Waals surface area contributed by atoms with Gasteiger partial charge in [-0.3, -0.25) is 4.79 Å². The van der Waals surface area contributed by atoms with Gasteiger partial charge in [0, 0.05) is 18.7 Å². The zero-order valence-corrected chi connectivity index (χ0v) is 16.0. The number of anilines is 1. The Morgan fingerprint density at radius 3 is 2.38 bits per heavy atom. The minimum Gasteiger partial charge on any atom is -0.494 e. The molecule has 0 unspecified atom stereocenters. The molecule has 0 aliphatic rings. The van der Waals surface area contributed by atoms with Crippen molar-refractivity contribution >= 4 is 21.6 Å². The highest BCUT2D eigenvalue weighted by molar-refractivity contribution is 7.89. The molecular weight excluding hydrogens is 352 g/mol. The van der Waals surface area contributed by atoms with Gasteiger partial charge in [0.15, 0.2) is 0 Å². The van der Waals surface area contributed by atoms with E-state index in [1.165, 1.54) is 0 Å². The van der Waals surface area contributed by atoms with Crippen molar-refractivity contribution in [3.8, 4) is 5.75 Å². The normalized spacial score (nSPS) is 11.2. The molecule has 0 radical (unpaired) electrons. The minimum absolute atomic E-state index is 0.0263. The molecule has 0 aromatic heterocycles. The Morgan fingerprint density at radius 1 is 1.08 bits per heavy atom. The summed E-state index contributed by atoms with van der Waals surface area (Å²) in [5, 5.41) is 2.73. The van der Waals surface area contributed by atoms with E-state index in [-0.39, 0.29) is 23.8 Å². The molecule has 2 rings (SSSR count). The highest BCUT2D eigenvalue weighted by Gasteiger charge is 2.16. The molecule has 1 amide bonds. The molecule has 0 saturated heterocycles. The lowest BCUT2D eigenvalue weighted by Gasteiger charge is -2.10. The third-order valence-corrected chi connectivity index (χ3v) is 5.33. The van der Waals surface area contributed by atoms with Crippen molar-refractivity contribution < 1.29 is 17.9 Å². The van der Waals surface area contributed by atoms with Gasteiger partial charge in [-0.25, -0.2) is 13.1 Å². The Hall–Kier alpha value is -2.38. The number of hydrogen-bond acceptors (Lipinski definition) is 4.